The zero-order chi connectivity index (χ0) is 15.4. The summed E-state index contributed by atoms with van der Waals surface area (Å²) in [7, 11) is 3.37. The van der Waals surface area contributed by atoms with Crippen LogP contribution in [0.4, 0.5) is 11.5 Å². The van der Waals surface area contributed by atoms with Gasteiger partial charge >= 0.3 is 5.97 Å². The van der Waals surface area contributed by atoms with Crippen molar-refractivity contribution in [3.63, 3.8) is 0 Å². The Bertz CT molecular complexity index is 496. The molecule has 0 atom stereocenters. The van der Waals surface area contributed by atoms with Crippen LogP contribution < -0.4 is 10.6 Å². The van der Waals surface area contributed by atoms with Crippen LogP contribution in [0.2, 0.25) is 0 Å². The van der Waals surface area contributed by atoms with E-state index in [-0.39, 0.29) is 0 Å². The number of esters is 1. The van der Waals surface area contributed by atoms with Gasteiger partial charge in [-0.25, -0.2) is 9.78 Å². The van der Waals surface area contributed by atoms with Crippen molar-refractivity contribution < 1.29 is 9.53 Å². The Kier molecular flexibility index (Phi) is 5.04. The van der Waals surface area contributed by atoms with Gasteiger partial charge in [-0.2, -0.15) is 0 Å². The van der Waals surface area contributed by atoms with Crippen LogP contribution in [-0.2, 0) is 4.74 Å². The molecule has 1 aliphatic rings. The third-order valence-electron chi connectivity index (χ3n) is 4.58. The third kappa shape index (κ3) is 3.46. The quantitative estimate of drug-likeness (QED) is 0.864. The molecular formula is C16H25N3O2. The van der Waals surface area contributed by atoms with E-state index in [1.165, 1.54) is 26.4 Å². The molecule has 1 aliphatic carbocycles. The van der Waals surface area contributed by atoms with Gasteiger partial charge in [0.25, 0.3) is 0 Å². The lowest BCUT2D eigenvalue weighted by Gasteiger charge is -2.35. The highest BCUT2D eigenvalue weighted by atomic mass is 16.5. The van der Waals surface area contributed by atoms with Crippen LogP contribution >= 0.6 is 0 Å². The number of methoxy groups -OCH3 is 1. The highest BCUT2D eigenvalue weighted by Crippen LogP contribution is 2.32. The number of ether oxygens (including phenoxy) is 1. The number of hydrogen-bond donors (Lipinski definition) is 1. The fourth-order valence-corrected chi connectivity index (χ4v) is 3.07. The molecule has 0 aliphatic heterocycles. The highest BCUT2D eigenvalue weighted by Gasteiger charge is 2.25. The number of carbonyl (C=O) groups excluding carboxylic acids is 1. The monoisotopic (exact) mass is 291 g/mol. The summed E-state index contributed by atoms with van der Waals surface area (Å²) in [5, 5.41) is 0. The van der Waals surface area contributed by atoms with E-state index in [9.17, 15) is 4.79 Å². The zero-order valence-corrected chi connectivity index (χ0v) is 13.1. The molecule has 2 rings (SSSR count). The molecule has 0 bridgehead atoms. The topological polar surface area (TPSA) is 68.5 Å². The molecule has 21 heavy (non-hydrogen) atoms. The first kappa shape index (κ1) is 15.6. The number of nitrogens with two attached hydrogens (primary N) is 1. The smallest absolute Gasteiger partial charge is 0.356 e. The molecule has 2 N–H and O–H groups in total. The molecule has 1 aromatic heterocycles. The van der Waals surface area contributed by atoms with Gasteiger partial charge in [0.1, 0.15) is 0 Å². The van der Waals surface area contributed by atoms with E-state index < -0.39 is 5.97 Å². The molecule has 0 unspecified atom stereocenters. The second kappa shape index (κ2) is 6.78. The van der Waals surface area contributed by atoms with Crippen LogP contribution in [0.1, 0.15) is 49.5 Å². The van der Waals surface area contributed by atoms with Crippen LogP contribution in [0.3, 0.4) is 0 Å². The van der Waals surface area contributed by atoms with Crippen LogP contribution in [0.15, 0.2) is 12.1 Å². The van der Waals surface area contributed by atoms with Gasteiger partial charge < -0.3 is 15.4 Å². The van der Waals surface area contributed by atoms with Crippen molar-refractivity contribution in [2.24, 2.45) is 5.92 Å². The van der Waals surface area contributed by atoms with Gasteiger partial charge in [0.15, 0.2) is 11.5 Å². The summed E-state index contributed by atoms with van der Waals surface area (Å²) in [6.45, 7) is 2.26. The van der Waals surface area contributed by atoms with Crippen molar-refractivity contribution in [3.8, 4) is 0 Å². The summed E-state index contributed by atoms with van der Waals surface area (Å²) in [6.07, 6.45) is 6.07. The molecule has 1 heterocycles. The minimum atomic E-state index is -0.431. The molecule has 0 saturated heterocycles. The van der Waals surface area contributed by atoms with Crippen molar-refractivity contribution in [1.82, 2.24) is 4.98 Å². The van der Waals surface area contributed by atoms with Gasteiger partial charge in [0.05, 0.1) is 12.8 Å². The predicted octanol–water partition coefficient (Wildman–Crippen LogP) is 2.86. The van der Waals surface area contributed by atoms with Crippen molar-refractivity contribution in [3.05, 3.63) is 17.8 Å². The molecule has 1 aromatic rings. The second-order valence-corrected chi connectivity index (χ2v) is 5.79. The van der Waals surface area contributed by atoms with E-state index in [4.69, 9.17) is 10.5 Å². The molecule has 0 radical (unpaired) electrons. The van der Waals surface area contributed by atoms with Gasteiger partial charge in [-0.15, -0.1) is 0 Å². The molecule has 116 valence electrons. The van der Waals surface area contributed by atoms with E-state index in [0.717, 1.165) is 18.8 Å². The first-order valence-electron chi connectivity index (χ1n) is 7.64. The van der Waals surface area contributed by atoms with Crippen molar-refractivity contribution in [1.29, 1.82) is 0 Å². The van der Waals surface area contributed by atoms with Gasteiger partial charge in [0.2, 0.25) is 0 Å². The summed E-state index contributed by atoms with van der Waals surface area (Å²) in [5.74, 6) is 1.10. The number of rotatable bonds is 4. The Morgan fingerprint density at radius 2 is 2.05 bits per heavy atom. The predicted molar refractivity (Wildman–Crippen MR) is 84.4 cm³/mol. The van der Waals surface area contributed by atoms with E-state index in [0.29, 0.717) is 23.2 Å². The molecule has 1 saturated carbocycles. The van der Waals surface area contributed by atoms with Crippen molar-refractivity contribution in [2.45, 2.75) is 45.1 Å². The normalized spacial score (nSPS) is 21.9. The standard InChI is InChI=1S/C16H25N3O2/c1-4-11-5-7-12(8-6-11)19(2)15-13(17)9-10-14(18-15)16(20)21-3/h9-12H,4-8,17H2,1-3H3. The molecule has 1 fully saturated rings. The van der Waals surface area contributed by atoms with Crippen LogP contribution in [0, 0.1) is 5.92 Å². The third-order valence-corrected chi connectivity index (χ3v) is 4.58. The Hall–Kier alpha value is -1.78. The molecule has 0 aromatic carbocycles. The summed E-state index contributed by atoms with van der Waals surface area (Å²) in [5.41, 5.74) is 6.94. The number of hydrogen-bond acceptors (Lipinski definition) is 5. The van der Waals surface area contributed by atoms with Gasteiger partial charge in [0, 0.05) is 13.1 Å². The Morgan fingerprint density at radius 3 is 2.62 bits per heavy atom. The van der Waals surface area contributed by atoms with E-state index >= 15 is 0 Å². The lowest BCUT2D eigenvalue weighted by atomic mass is 9.84. The minimum Gasteiger partial charge on any atom is -0.464 e. The minimum absolute atomic E-state index is 0.302. The van der Waals surface area contributed by atoms with Crippen LogP contribution in [0.5, 0.6) is 0 Å². The Labute approximate surface area is 126 Å². The first-order chi connectivity index (χ1) is 10.1. The fraction of sp³-hybridized carbons (Fsp3) is 0.625. The maximum absolute atomic E-state index is 11.6. The first-order valence-corrected chi connectivity index (χ1v) is 7.64. The largest absolute Gasteiger partial charge is 0.464 e. The maximum Gasteiger partial charge on any atom is 0.356 e. The number of aromatic nitrogens is 1. The number of nitrogen functional groups attached to an aromatic ring is 1. The SMILES string of the molecule is CCC1CCC(N(C)c2nc(C(=O)OC)ccc2N)CC1. The molecule has 5 nitrogen and oxygen atoms in total. The summed E-state index contributed by atoms with van der Waals surface area (Å²) < 4.78 is 4.72. The lowest BCUT2D eigenvalue weighted by Crippen LogP contribution is -2.36. The van der Waals surface area contributed by atoms with E-state index in [1.807, 2.05) is 7.05 Å². The maximum atomic E-state index is 11.6. The second-order valence-electron chi connectivity index (χ2n) is 5.79. The van der Waals surface area contributed by atoms with Gasteiger partial charge in [-0.3, -0.25) is 0 Å². The molecule has 0 spiro atoms. The Balaban J connectivity index is 2.15. The van der Waals surface area contributed by atoms with Gasteiger partial charge in [-0.1, -0.05) is 13.3 Å². The average molecular weight is 291 g/mol. The average Bonchev–Trinajstić information content (AvgIpc) is 2.54. The summed E-state index contributed by atoms with van der Waals surface area (Å²) in [4.78, 5) is 18.1. The summed E-state index contributed by atoms with van der Waals surface area (Å²) in [6, 6.07) is 3.77. The molecule has 5 heteroatoms. The van der Waals surface area contributed by atoms with Crippen LogP contribution in [0.25, 0.3) is 0 Å². The zero-order valence-electron chi connectivity index (χ0n) is 13.1. The van der Waals surface area contributed by atoms with Gasteiger partial charge in [-0.05, 0) is 43.7 Å². The number of pyridine rings is 1. The van der Waals surface area contributed by atoms with E-state index in [2.05, 4.69) is 16.8 Å². The lowest BCUT2D eigenvalue weighted by molar-refractivity contribution is 0.0594. The van der Waals surface area contributed by atoms with E-state index in [1.54, 1.807) is 12.1 Å². The number of carbonyl (C=O) groups is 1. The van der Waals surface area contributed by atoms with Crippen molar-refractivity contribution in [2.75, 3.05) is 24.8 Å². The fourth-order valence-electron chi connectivity index (χ4n) is 3.07. The molecular weight excluding hydrogens is 266 g/mol. The number of nitrogens with zero attached hydrogens (tertiary/aromatic N) is 2. The van der Waals surface area contributed by atoms with Crippen LogP contribution in [-0.4, -0.2) is 31.2 Å². The Morgan fingerprint density at radius 1 is 1.38 bits per heavy atom. The summed E-state index contributed by atoms with van der Waals surface area (Å²) >= 11 is 0. The van der Waals surface area contributed by atoms with Crippen molar-refractivity contribution >= 4 is 17.5 Å². The number of anilines is 2. The highest BCUT2D eigenvalue weighted by molar-refractivity contribution is 5.88. The molecule has 0 amide bonds.